The van der Waals surface area contributed by atoms with E-state index in [0.29, 0.717) is 12.2 Å². The van der Waals surface area contributed by atoms with Crippen molar-refractivity contribution in [3.05, 3.63) is 40.9 Å². The van der Waals surface area contributed by atoms with Crippen molar-refractivity contribution >= 4 is 23.5 Å². The van der Waals surface area contributed by atoms with Crippen molar-refractivity contribution < 1.29 is 4.79 Å². The van der Waals surface area contributed by atoms with Crippen LogP contribution in [-0.2, 0) is 0 Å². The van der Waals surface area contributed by atoms with Crippen molar-refractivity contribution in [2.75, 3.05) is 26.2 Å². The largest absolute Gasteiger partial charge is 0.351 e. The molecule has 3 rings (SSSR count). The fourth-order valence-electron chi connectivity index (χ4n) is 2.25. The SMILES string of the molecule is O=C(NCCCNCC1=CCN=C1)c1cc(-c2cccs2)[nH]n1. The summed E-state index contributed by atoms with van der Waals surface area (Å²) in [4.78, 5) is 17.2. The summed E-state index contributed by atoms with van der Waals surface area (Å²) in [5.41, 5.74) is 2.53. The van der Waals surface area contributed by atoms with Gasteiger partial charge in [-0.15, -0.1) is 11.3 Å². The fraction of sp³-hybridized carbons (Fsp3) is 0.312. The molecule has 3 N–H and O–H groups in total. The summed E-state index contributed by atoms with van der Waals surface area (Å²) in [5.74, 6) is -0.144. The maximum Gasteiger partial charge on any atom is 0.271 e. The molecule has 3 heterocycles. The minimum atomic E-state index is -0.144. The van der Waals surface area contributed by atoms with Gasteiger partial charge in [0.05, 0.1) is 17.1 Å². The predicted molar refractivity (Wildman–Crippen MR) is 93.2 cm³/mol. The Kier molecular flexibility index (Phi) is 5.33. The summed E-state index contributed by atoms with van der Waals surface area (Å²) in [6, 6.07) is 5.75. The number of aromatic amines is 1. The summed E-state index contributed by atoms with van der Waals surface area (Å²) in [6.07, 6.45) is 4.88. The van der Waals surface area contributed by atoms with Gasteiger partial charge in [0.15, 0.2) is 5.69 Å². The topological polar surface area (TPSA) is 82.2 Å². The van der Waals surface area contributed by atoms with E-state index < -0.39 is 0 Å². The first kappa shape index (κ1) is 15.6. The Labute approximate surface area is 138 Å². The molecule has 1 aliphatic rings. The lowest BCUT2D eigenvalue weighted by Crippen LogP contribution is -2.28. The number of aromatic nitrogens is 2. The number of aliphatic imine (C=N–C) groups is 1. The lowest BCUT2D eigenvalue weighted by Gasteiger charge is -2.05. The van der Waals surface area contributed by atoms with Gasteiger partial charge < -0.3 is 10.6 Å². The number of rotatable bonds is 8. The van der Waals surface area contributed by atoms with E-state index in [2.05, 4.69) is 31.9 Å². The number of nitrogens with one attached hydrogen (secondary N) is 3. The maximum absolute atomic E-state index is 12.0. The smallest absolute Gasteiger partial charge is 0.271 e. The lowest BCUT2D eigenvalue weighted by atomic mass is 10.3. The maximum atomic E-state index is 12.0. The van der Waals surface area contributed by atoms with Crippen LogP contribution < -0.4 is 10.6 Å². The average molecular weight is 329 g/mol. The standard InChI is InChI=1S/C16H19N5OS/c22-16(14-9-13(20-21-14)15-3-1-8-23-15)19-6-2-5-17-10-12-4-7-18-11-12/h1,3-4,8-9,11,17H,2,5-7,10H2,(H,19,22)(H,20,21). The fourth-order valence-corrected chi connectivity index (χ4v) is 2.94. The van der Waals surface area contributed by atoms with Gasteiger partial charge in [-0.1, -0.05) is 12.1 Å². The molecule has 0 spiro atoms. The highest BCUT2D eigenvalue weighted by molar-refractivity contribution is 7.13. The molecule has 0 aromatic carbocycles. The Bertz CT molecular complexity index is 702. The third-order valence-electron chi connectivity index (χ3n) is 3.46. The Hall–Kier alpha value is -2.25. The van der Waals surface area contributed by atoms with Crippen molar-refractivity contribution in [1.82, 2.24) is 20.8 Å². The zero-order valence-electron chi connectivity index (χ0n) is 12.7. The van der Waals surface area contributed by atoms with Crippen molar-refractivity contribution in [2.24, 2.45) is 4.99 Å². The van der Waals surface area contributed by atoms with Gasteiger partial charge in [0.2, 0.25) is 0 Å². The first-order chi connectivity index (χ1) is 11.3. The summed E-state index contributed by atoms with van der Waals surface area (Å²) in [7, 11) is 0. The molecule has 0 fully saturated rings. The molecule has 6 nitrogen and oxygen atoms in total. The molecule has 1 aliphatic heterocycles. The van der Waals surface area contributed by atoms with E-state index >= 15 is 0 Å². The number of H-pyrrole nitrogens is 1. The summed E-state index contributed by atoms with van der Waals surface area (Å²) in [6.45, 7) is 3.11. The number of amides is 1. The molecule has 0 saturated carbocycles. The van der Waals surface area contributed by atoms with E-state index in [9.17, 15) is 4.79 Å². The van der Waals surface area contributed by atoms with Crippen LogP contribution in [0.4, 0.5) is 0 Å². The molecule has 7 heteroatoms. The molecule has 0 unspecified atom stereocenters. The first-order valence-corrected chi connectivity index (χ1v) is 8.48. The highest BCUT2D eigenvalue weighted by Gasteiger charge is 2.11. The predicted octanol–water partition coefficient (Wildman–Crippen LogP) is 1.86. The molecular formula is C16H19N5OS. The number of nitrogens with zero attached hydrogens (tertiary/aromatic N) is 2. The minimum absolute atomic E-state index is 0.144. The Morgan fingerprint density at radius 3 is 3.13 bits per heavy atom. The van der Waals surface area contributed by atoms with Crippen molar-refractivity contribution in [3.8, 4) is 10.6 Å². The Morgan fingerprint density at radius 1 is 1.39 bits per heavy atom. The van der Waals surface area contributed by atoms with Crippen molar-refractivity contribution in [1.29, 1.82) is 0 Å². The zero-order chi connectivity index (χ0) is 15.9. The molecule has 0 atom stereocenters. The van der Waals surface area contributed by atoms with E-state index in [0.717, 1.165) is 36.6 Å². The average Bonchev–Trinajstić information content (AvgIpc) is 3.32. The third-order valence-corrected chi connectivity index (χ3v) is 4.36. The molecule has 0 bridgehead atoms. The molecule has 23 heavy (non-hydrogen) atoms. The quantitative estimate of drug-likeness (QED) is 0.647. The van der Waals surface area contributed by atoms with Gasteiger partial charge in [-0.3, -0.25) is 14.9 Å². The molecule has 0 saturated heterocycles. The Morgan fingerprint density at radius 2 is 2.35 bits per heavy atom. The van der Waals surface area contributed by atoms with E-state index in [1.54, 1.807) is 17.4 Å². The third kappa shape index (κ3) is 4.37. The second kappa shape index (κ2) is 7.85. The molecular weight excluding hydrogens is 310 g/mol. The molecule has 1 amide bonds. The van der Waals surface area contributed by atoms with E-state index in [-0.39, 0.29) is 5.91 Å². The minimum Gasteiger partial charge on any atom is -0.351 e. The highest BCUT2D eigenvalue weighted by Crippen LogP contribution is 2.22. The van der Waals surface area contributed by atoms with Gasteiger partial charge >= 0.3 is 0 Å². The van der Waals surface area contributed by atoms with Crippen LogP contribution >= 0.6 is 11.3 Å². The number of carbonyl (C=O) groups is 1. The number of thiophene rings is 1. The van der Waals surface area contributed by atoms with E-state index in [4.69, 9.17) is 0 Å². The second-order valence-electron chi connectivity index (χ2n) is 5.20. The highest BCUT2D eigenvalue weighted by atomic mass is 32.1. The summed E-state index contributed by atoms with van der Waals surface area (Å²) in [5, 5.41) is 15.2. The molecule has 120 valence electrons. The lowest BCUT2D eigenvalue weighted by molar-refractivity contribution is 0.0948. The first-order valence-electron chi connectivity index (χ1n) is 7.60. The number of carbonyl (C=O) groups excluding carboxylic acids is 1. The van der Waals surface area contributed by atoms with E-state index in [1.165, 1.54) is 5.57 Å². The summed E-state index contributed by atoms with van der Waals surface area (Å²) >= 11 is 1.61. The van der Waals surface area contributed by atoms with Crippen LogP contribution in [0.1, 0.15) is 16.9 Å². The van der Waals surface area contributed by atoms with Crippen LogP contribution in [0.15, 0.2) is 40.2 Å². The van der Waals surface area contributed by atoms with Gasteiger partial charge in [0, 0.05) is 19.3 Å². The van der Waals surface area contributed by atoms with Crippen LogP contribution in [0.3, 0.4) is 0 Å². The summed E-state index contributed by atoms with van der Waals surface area (Å²) < 4.78 is 0. The van der Waals surface area contributed by atoms with Crippen LogP contribution in [0.2, 0.25) is 0 Å². The van der Waals surface area contributed by atoms with Crippen molar-refractivity contribution in [3.63, 3.8) is 0 Å². The van der Waals surface area contributed by atoms with Gasteiger partial charge in [-0.25, -0.2) is 0 Å². The van der Waals surface area contributed by atoms with Crippen LogP contribution in [0.25, 0.3) is 10.6 Å². The molecule has 0 radical (unpaired) electrons. The Balaban J connectivity index is 1.35. The van der Waals surface area contributed by atoms with E-state index in [1.807, 2.05) is 23.7 Å². The molecule has 2 aromatic rings. The number of hydrogen-bond acceptors (Lipinski definition) is 5. The van der Waals surface area contributed by atoms with Crippen LogP contribution in [0, 0.1) is 0 Å². The van der Waals surface area contributed by atoms with Gasteiger partial charge in [-0.2, -0.15) is 5.10 Å². The molecule has 0 aliphatic carbocycles. The zero-order valence-corrected chi connectivity index (χ0v) is 13.5. The number of hydrogen-bond donors (Lipinski definition) is 3. The van der Waals surface area contributed by atoms with Gasteiger partial charge in [-0.05, 0) is 36.1 Å². The van der Waals surface area contributed by atoms with Crippen LogP contribution in [0.5, 0.6) is 0 Å². The normalized spacial score (nSPS) is 13.3. The monoisotopic (exact) mass is 329 g/mol. The van der Waals surface area contributed by atoms with Gasteiger partial charge in [0.25, 0.3) is 5.91 Å². The van der Waals surface area contributed by atoms with Gasteiger partial charge in [0.1, 0.15) is 0 Å². The second-order valence-corrected chi connectivity index (χ2v) is 6.15. The van der Waals surface area contributed by atoms with Crippen LogP contribution in [-0.4, -0.2) is 48.5 Å². The van der Waals surface area contributed by atoms with Crippen molar-refractivity contribution in [2.45, 2.75) is 6.42 Å². The molecule has 2 aromatic heterocycles.